The van der Waals surface area contributed by atoms with Gasteiger partial charge in [-0.1, -0.05) is 26.0 Å². The van der Waals surface area contributed by atoms with Crippen molar-refractivity contribution < 1.29 is 22.8 Å². The van der Waals surface area contributed by atoms with Gasteiger partial charge < -0.3 is 5.32 Å². The van der Waals surface area contributed by atoms with E-state index in [1.54, 1.807) is 0 Å². The number of nitrogens with one attached hydrogen (secondary N) is 1. The van der Waals surface area contributed by atoms with Crippen molar-refractivity contribution in [3.8, 4) is 0 Å². The van der Waals surface area contributed by atoms with Crippen molar-refractivity contribution in [2.75, 3.05) is 25.4 Å². The van der Waals surface area contributed by atoms with E-state index in [1.165, 1.54) is 9.21 Å². The highest BCUT2D eigenvalue weighted by Crippen LogP contribution is 2.37. The number of hydrogen-bond donors (Lipinski definition) is 1. The van der Waals surface area contributed by atoms with Gasteiger partial charge in [0.05, 0.1) is 17.6 Å². The second-order valence-electron chi connectivity index (χ2n) is 8.21. The van der Waals surface area contributed by atoms with Crippen molar-refractivity contribution in [2.24, 2.45) is 17.8 Å². The number of likely N-dealkylation sites (tertiary alicyclic amines) is 1. The molecule has 2 fully saturated rings. The van der Waals surface area contributed by atoms with E-state index >= 15 is 0 Å². The smallest absolute Gasteiger partial charge is 0.243 e. The Hall–Kier alpha value is -1.74. The SMILES string of the molecule is CC(C)C[C@H](C(=O)NCCN1CCCS1(=O)=O)N1C(=O)[C@@H]2CC=CC[C@H]2C1=O. The van der Waals surface area contributed by atoms with Crippen LogP contribution in [0.3, 0.4) is 0 Å². The molecule has 1 aliphatic carbocycles. The number of sulfonamides is 1. The average Bonchev–Trinajstić information content (AvgIpc) is 3.10. The summed E-state index contributed by atoms with van der Waals surface area (Å²) in [6.45, 7) is 4.72. The van der Waals surface area contributed by atoms with Crippen LogP contribution >= 0.6 is 0 Å². The molecule has 0 saturated carbocycles. The molecule has 3 rings (SSSR count). The van der Waals surface area contributed by atoms with Crippen molar-refractivity contribution in [2.45, 2.75) is 45.6 Å². The Morgan fingerprint density at radius 2 is 1.79 bits per heavy atom. The molecule has 2 heterocycles. The normalized spacial score (nSPS) is 28.0. The fourth-order valence-corrected chi connectivity index (χ4v) is 5.80. The molecular formula is C19H29N3O5S. The first-order valence-electron chi connectivity index (χ1n) is 10.00. The minimum Gasteiger partial charge on any atom is -0.353 e. The van der Waals surface area contributed by atoms with Crippen LogP contribution in [-0.4, -0.2) is 66.8 Å². The Morgan fingerprint density at radius 1 is 1.18 bits per heavy atom. The summed E-state index contributed by atoms with van der Waals surface area (Å²) in [4.78, 5) is 39.7. The molecule has 0 spiro atoms. The third-order valence-corrected chi connectivity index (χ3v) is 7.67. The summed E-state index contributed by atoms with van der Waals surface area (Å²) < 4.78 is 25.1. The zero-order chi connectivity index (χ0) is 20.5. The van der Waals surface area contributed by atoms with Crippen LogP contribution < -0.4 is 5.32 Å². The summed E-state index contributed by atoms with van der Waals surface area (Å²) in [6.07, 6.45) is 5.90. The maximum atomic E-state index is 12.9. The zero-order valence-corrected chi connectivity index (χ0v) is 17.3. The van der Waals surface area contributed by atoms with Gasteiger partial charge >= 0.3 is 0 Å². The molecule has 0 aromatic rings. The lowest BCUT2D eigenvalue weighted by molar-refractivity contribution is -0.148. The molecule has 3 aliphatic rings. The number of allylic oxidation sites excluding steroid dienone is 2. The molecule has 2 saturated heterocycles. The molecule has 8 nitrogen and oxygen atoms in total. The van der Waals surface area contributed by atoms with E-state index in [2.05, 4.69) is 5.32 Å². The van der Waals surface area contributed by atoms with Gasteiger partial charge in [0, 0.05) is 19.6 Å². The van der Waals surface area contributed by atoms with Crippen LogP contribution in [0.25, 0.3) is 0 Å². The maximum Gasteiger partial charge on any atom is 0.243 e. The fraction of sp³-hybridized carbons (Fsp3) is 0.737. The summed E-state index contributed by atoms with van der Waals surface area (Å²) in [6, 6.07) is -0.846. The molecule has 3 atom stereocenters. The second kappa shape index (κ2) is 8.32. The van der Waals surface area contributed by atoms with Crippen molar-refractivity contribution in [3.05, 3.63) is 12.2 Å². The first kappa shape index (κ1) is 21.0. The molecule has 0 unspecified atom stereocenters. The number of amides is 3. The monoisotopic (exact) mass is 411 g/mol. The van der Waals surface area contributed by atoms with Gasteiger partial charge in [0.25, 0.3) is 0 Å². The van der Waals surface area contributed by atoms with Crippen molar-refractivity contribution in [3.63, 3.8) is 0 Å². The molecule has 28 heavy (non-hydrogen) atoms. The van der Waals surface area contributed by atoms with E-state index in [1.807, 2.05) is 26.0 Å². The largest absolute Gasteiger partial charge is 0.353 e. The Kier molecular flexibility index (Phi) is 6.24. The van der Waals surface area contributed by atoms with E-state index in [9.17, 15) is 22.8 Å². The molecular weight excluding hydrogens is 382 g/mol. The van der Waals surface area contributed by atoms with Crippen LogP contribution in [0.15, 0.2) is 12.2 Å². The second-order valence-corrected chi connectivity index (χ2v) is 10.3. The van der Waals surface area contributed by atoms with E-state index in [4.69, 9.17) is 0 Å². The van der Waals surface area contributed by atoms with Gasteiger partial charge in [0.1, 0.15) is 6.04 Å². The number of carbonyl (C=O) groups excluding carboxylic acids is 3. The van der Waals surface area contributed by atoms with Gasteiger partial charge in [0.15, 0.2) is 0 Å². The Bertz CT molecular complexity index is 750. The lowest BCUT2D eigenvalue weighted by Crippen LogP contribution is -2.51. The first-order chi connectivity index (χ1) is 13.2. The lowest BCUT2D eigenvalue weighted by Gasteiger charge is -2.27. The molecule has 156 valence electrons. The predicted octanol–water partition coefficient (Wildman–Crippen LogP) is 0.504. The predicted molar refractivity (Wildman–Crippen MR) is 103 cm³/mol. The summed E-state index contributed by atoms with van der Waals surface area (Å²) in [5.41, 5.74) is 0. The van der Waals surface area contributed by atoms with Gasteiger partial charge in [0.2, 0.25) is 27.7 Å². The van der Waals surface area contributed by atoms with E-state index in [0.29, 0.717) is 32.2 Å². The number of carbonyl (C=O) groups is 3. The minimum absolute atomic E-state index is 0.121. The highest BCUT2D eigenvalue weighted by atomic mass is 32.2. The zero-order valence-electron chi connectivity index (χ0n) is 16.5. The fourth-order valence-electron chi connectivity index (χ4n) is 4.27. The highest BCUT2D eigenvalue weighted by Gasteiger charge is 2.51. The van der Waals surface area contributed by atoms with Crippen molar-refractivity contribution in [1.82, 2.24) is 14.5 Å². The van der Waals surface area contributed by atoms with Crippen LogP contribution in [-0.2, 0) is 24.4 Å². The molecule has 1 N–H and O–H groups in total. The van der Waals surface area contributed by atoms with E-state index < -0.39 is 22.0 Å². The van der Waals surface area contributed by atoms with Crippen LogP contribution in [0.5, 0.6) is 0 Å². The number of nitrogens with zero attached hydrogens (tertiary/aromatic N) is 2. The number of rotatable bonds is 7. The summed E-state index contributed by atoms with van der Waals surface area (Å²) in [5, 5.41) is 2.75. The molecule has 3 amide bonds. The Labute approximate surface area is 166 Å². The third-order valence-electron chi connectivity index (χ3n) is 5.71. The Morgan fingerprint density at radius 3 is 2.29 bits per heavy atom. The number of fused-ring (bicyclic) bond motifs is 1. The van der Waals surface area contributed by atoms with Gasteiger partial charge in [-0.2, -0.15) is 0 Å². The molecule has 2 aliphatic heterocycles. The van der Waals surface area contributed by atoms with Gasteiger partial charge in [-0.25, -0.2) is 12.7 Å². The standard InChI is InChI=1S/C19H29N3O5S/c1-13(2)12-16(17(23)20-8-10-21-9-5-11-28(21,26)27)22-18(24)14-6-3-4-7-15(14)19(22)25/h3-4,13-16H,5-12H2,1-2H3,(H,20,23)/t14-,15-,16-/m1/s1. The quantitative estimate of drug-likeness (QED) is 0.485. The maximum absolute atomic E-state index is 12.9. The first-order valence-corrected chi connectivity index (χ1v) is 11.6. The Balaban J connectivity index is 1.67. The van der Waals surface area contributed by atoms with Gasteiger partial charge in [-0.3, -0.25) is 19.3 Å². The third kappa shape index (κ3) is 4.15. The summed E-state index contributed by atoms with van der Waals surface area (Å²) in [7, 11) is -3.22. The van der Waals surface area contributed by atoms with E-state index in [-0.39, 0.29) is 48.4 Å². The van der Waals surface area contributed by atoms with Crippen LogP contribution in [0.1, 0.15) is 39.5 Å². The van der Waals surface area contributed by atoms with E-state index in [0.717, 1.165) is 0 Å². The highest BCUT2D eigenvalue weighted by molar-refractivity contribution is 7.89. The lowest BCUT2D eigenvalue weighted by atomic mass is 9.85. The van der Waals surface area contributed by atoms with Crippen LogP contribution in [0.2, 0.25) is 0 Å². The topological polar surface area (TPSA) is 104 Å². The number of imide groups is 1. The van der Waals surface area contributed by atoms with Crippen molar-refractivity contribution >= 4 is 27.7 Å². The summed E-state index contributed by atoms with van der Waals surface area (Å²) in [5.74, 6) is -1.38. The summed E-state index contributed by atoms with van der Waals surface area (Å²) >= 11 is 0. The molecule has 0 aromatic heterocycles. The molecule has 0 bridgehead atoms. The molecule has 0 radical (unpaired) electrons. The van der Waals surface area contributed by atoms with Crippen LogP contribution in [0, 0.1) is 17.8 Å². The molecule has 0 aromatic carbocycles. The van der Waals surface area contributed by atoms with Gasteiger partial charge in [-0.15, -0.1) is 0 Å². The molecule has 9 heteroatoms. The van der Waals surface area contributed by atoms with Crippen molar-refractivity contribution in [1.29, 1.82) is 0 Å². The minimum atomic E-state index is -3.22. The number of hydrogen-bond acceptors (Lipinski definition) is 5. The van der Waals surface area contributed by atoms with Gasteiger partial charge in [-0.05, 0) is 31.6 Å². The average molecular weight is 412 g/mol. The van der Waals surface area contributed by atoms with Crippen LogP contribution in [0.4, 0.5) is 0 Å².